The smallest absolute Gasteiger partial charge is 0.228 e. The predicted octanol–water partition coefficient (Wildman–Crippen LogP) is 2.82. The largest absolute Gasteiger partial charge is 0.480 e. The van der Waals surface area contributed by atoms with E-state index in [1.807, 2.05) is 30.6 Å². The first-order valence-electron chi connectivity index (χ1n) is 9.08. The molecule has 144 valence electrons. The number of ether oxygens (including phenoxy) is 2. The van der Waals surface area contributed by atoms with Gasteiger partial charge in [-0.3, -0.25) is 0 Å². The van der Waals surface area contributed by atoms with Crippen molar-refractivity contribution in [2.45, 2.75) is 18.6 Å². The van der Waals surface area contributed by atoms with Crippen molar-refractivity contribution in [1.82, 2.24) is 24.6 Å². The molecule has 0 amide bonds. The molecule has 5 rings (SSSR count). The van der Waals surface area contributed by atoms with Crippen LogP contribution < -0.4 is 10.1 Å². The van der Waals surface area contributed by atoms with Crippen LogP contribution in [-0.4, -0.2) is 57.1 Å². The van der Waals surface area contributed by atoms with Gasteiger partial charge in [0.25, 0.3) is 0 Å². The zero-order valence-corrected chi connectivity index (χ0v) is 15.2. The minimum absolute atomic E-state index is 0.0841. The van der Waals surface area contributed by atoms with Gasteiger partial charge in [0, 0.05) is 30.8 Å². The predicted molar refractivity (Wildman–Crippen MR) is 102 cm³/mol. The molecule has 0 radical (unpaired) electrons. The molecule has 0 spiro atoms. The van der Waals surface area contributed by atoms with E-state index in [0.29, 0.717) is 30.5 Å². The van der Waals surface area contributed by atoms with Gasteiger partial charge in [0.05, 0.1) is 30.7 Å². The first-order valence-corrected chi connectivity index (χ1v) is 9.08. The molecule has 2 atom stereocenters. The monoisotopic (exact) mass is 382 g/mol. The van der Waals surface area contributed by atoms with E-state index >= 15 is 0 Å². The molecular formula is C19H19FN6O2. The van der Waals surface area contributed by atoms with E-state index in [2.05, 4.69) is 25.4 Å². The number of fused-ring (bicyclic) bond motifs is 2. The van der Waals surface area contributed by atoms with Crippen molar-refractivity contribution in [1.29, 1.82) is 0 Å². The lowest BCUT2D eigenvalue weighted by molar-refractivity contribution is 0.0284. The summed E-state index contributed by atoms with van der Waals surface area (Å²) in [5.41, 5.74) is 3.53. The van der Waals surface area contributed by atoms with Crippen LogP contribution >= 0.6 is 0 Å². The van der Waals surface area contributed by atoms with Crippen molar-refractivity contribution in [2.24, 2.45) is 0 Å². The zero-order valence-electron chi connectivity index (χ0n) is 15.2. The second-order valence-corrected chi connectivity index (χ2v) is 6.73. The van der Waals surface area contributed by atoms with Gasteiger partial charge in [-0.15, -0.1) is 0 Å². The van der Waals surface area contributed by atoms with Gasteiger partial charge >= 0.3 is 0 Å². The molecule has 9 heteroatoms. The number of halogens is 1. The summed E-state index contributed by atoms with van der Waals surface area (Å²) >= 11 is 0. The van der Waals surface area contributed by atoms with Crippen LogP contribution in [-0.2, 0) is 4.74 Å². The highest BCUT2D eigenvalue weighted by molar-refractivity contribution is 5.98. The summed E-state index contributed by atoms with van der Waals surface area (Å²) in [7, 11) is 1.56. The number of aromatic nitrogens is 5. The number of nitrogens with zero attached hydrogens (tertiary/aromatic N) is 4. The quantitative estimate of drug-likeness (QED) is 0.564. The summed E-state index contributed by atoms with van der Waals surface area (Å²) in [5, 5.41) is 8.08. The lowest BCUT2D eigenvalue weighted by atomic mass is 10.1. The number of alkyl halides is 1. The average Bonchev–Trinajstić information content (AvgIpc) is 3.35. The first kappa shape index (κ1) is 16.9. The van der Waals surface area contributed by atoms with E-state index in [0.717, 1.165) is 22.0 Å². The third-order valence-electron chi connectivity index (χ3n) is 5.00. The second kappa shape index (κ2) is 6.75. The standard InChI is InChI=1S/C19H19FN6O2/c1-27-18-16-13(11-3-6-26-12(8-11)2-5-22-26)9-21-17(16)24-19(25-18)23-15-4-7-28-10-14(15)20/h2-3,5-6,8-9,14-15H,4,7,10H2,1H3,(H2,21,23,24,25)/t14-,15?/m0/s1. The first-order chi connectivity index (χ1) is 13.7. The number of pyridine rings is 1. The van der Waals surface area contributed by atoms with Gasteiger partial charge in [-0.05, 0) is 30.2 Å². The molecule has 28 heavy (non-hydrogen) atoms. The van der Waals surface area contributed by atoms with Crippen molar-refractivity contribution in [3.63, 3.8) is 0 Å². The summed E-state index contributed by atoms with van der Waals surface area (Å²) in [6, 6.07) is 5.57. The Balaban J connectivity index is 1.55. The summed E-state index contributed by atoms with van der Waals surface area (Å²) in [5.74, 6) is 0.762. The molecule has 1 fully saturated rings. The van der Waals surface area contributed by atoms with Gasteiger partial charge in [0.1, 0.15) is 11.8 Å². The number of methoxy groups -OCH3 is 1. The van der Waals surface area contributed by atoms with Crippen LogP contribution in [0.4, 0.5) is 10.3 Å². The van der Waals surface area contributed by atoms with Crippen LogP contribution in [0.1, 0.15) is 6.42 Å². The van der Waals surface area contributed by atoms with Crippen LogP contribution in [0.3, 0.4) is 0 Å². The van der Waals surface area contributed by atoms with E-state index in [1.165, 1.54) is 0 Å². The minimum Gasteiger partial charge on any atom is -0.480 e. The van der Waals surface area contributed by atoms with Gasteiger partial charge in [-0.25, -0.2) is 8.91 Å². The van der Waals surface area contributed by atoms with Gasteiger partial charge in [-0.1, -0.05) is 0 Å². The van der Waals surface area contributed by atoms with E-state index in [-0.39, 0.29) is 12.6 Å². The molecule has 0 aromatic carbocycles. The summed E-state index contributed by atoms with van der Waals surface area (Å²) in [6.45, 7) is 0.599. The summed E-state index contributed by atoms with van der Waals surface area (Å²) < 4.78 is 26.5. The SMILES string of the molecule is COc1nc(NC2CCOC[C@@H]2F)nc2[nH]cc(-c3ccn4nccc4c3)c12. The molecule has 1 saturated heterocycles. The molecule has 4 aromatic heterocycles. The number of H-pyrrole nitrogens is 1. The van der Waals surface area contributed by atoms with Crippen molar-refractivity contribution in [3.8, 4) is 17.0 Å². The molecule has 1 unspecified atom stereocenters. The Kier molecular flexibility index (Phi) is 4.09. The van der Waals surface area contributed by atoms with Crippen LogP contribution in [0.5, 0.6) is 5.88 Å². The van der Waals surface area contributed by atoms with Gasteiger partial charge in [0.15, 0.2) is 0 Å². The fraction of sp³-hybridized carbons (Fsp3) is 0.316. The maximum Gasteiger partial charge on any atom is 0.228 e. The van der Waals surface area contributed by atoms with E-state index in [1.54, 1.807) is 17.8 Å². The van der Waals surface area contributed by atoms with Gasteiger partial charge < -0.3 is 19.8 Å². The minimum atomic E-state index is -1.10. The van der Waals surface area contributed by atoms with Crippen LogP contribution in [0.15, 0.2) is 36.8 Å². The lowest BCUT2D eigenvalue weighted by Crippen LogP contribution is -2.39. The topological polar surface area (TPSA) is 89.4 Å². The normalized spacial score (nSPS) is 19.9. The van der Waals surface area contributed by atoms with Crippen LogP contribution in [0.2, 0.25) is 0 Å². The van der Waals surface area contributed by atoms with Crippen LogP contribution in [0.25, 0.3) is 27.7 Å². The average molecular weight is 382 g/mol. The number of rotatable bonds is 4. The molecule has 5 heterocycles. The zero-order chi connectivity index (χ0) is 19.1. The molecular weight excluding hydrogens is 363 g/mol. The number of nitrogens with one attached hydrogen (secondary N) is 2. The van der Waals surface area contributed by atoms with Gasteiger partial charge in [0.2, 0.25) is 11.8 Å². The van der Waals surface area contributed by atoms with Gasteiger partial charge in [-0.2, -0.15) is 15.1 Å². The molecule has 0 saturated carbocycles. The Morgan fingerprint density at radius 1 is 1.36 bits per heavy atom. The highest BCUT2D eigenvalue weighted by atomic mass is 19.1. The number of hydrogen-bond acceptors (Lipinski definition) is 6. The highest BCUT2D eigenvalue weighted by Crippen LogP contribution is 2.34. The molecule has 0 aliphatic carbocycles. The molecule has 8 nitrogen and oxygen atoms in total. The Morgan fingerprint density at radius 3 is 3.14 bits per heavy atom. The van der Waals surface area contributed by atoms with E-state index in [4.69, 9.17) is 9.47 Å². The second-order valence-electron chi connectivity index (χ2n) is 6.73. The fourth-order valence-electron chi connectivity index (χ4n) is 3.56. The maximum atomic E-state index is 14.1. The van der Waals surface area contributed by atoms with Crippen LogP contribution in [0, 0.1) is 0 Å². The molecule has 4 aromatic rings. The number of hydrogen-bond donors (Lipinski definition) is 2. The third-order valence-corrected chi connectivity index (χ3v) is 5.00. The molecule has 1 aliphatic rings. The number of anilines is 1. The Hall–Kier alpha value is -3.20. The van der Waals surface area contributed by atoms with Crippen molar-refractivity contribution in [3.05, 3.63) is 36.8 Å². The Labute approximate surface area is 159 Å². The third kappa shape index (κ3) is 2.84. The number of aromatic amines is 1. The maximum absolute atomic E-state index is 14.1. The molecule has 1 aliphatic heterocycles. The van der Waals surface area contributed by atoms with Crippen molar-refractivity contribution < 1.29 is 13.9 Å². The molecule has 2 N–H and O–H groups in total. The fourth-order valence-corrected chi connectivity index (χ4v) is 3.56. The molecule has 0 bridgehead atoms. The van der Waals surface area contributed by atoms with Crippen molar-refractivity contribution in [2.75, 3.05) is 25.6 Å². The van der Waals surface area contributed by atoms with E-state index < -0.39 is 6.17 Å². The Morgan fingerprint density at radius 2 is 2.29 bits per heavy atom. The van der Waals surface area contributed by atoms with E-state index in [9.17, 15) is 4.39 Å². The summed E-state index contributed by atoms with van der Waals surface area (Å²) in [4.78, 5) is 12.2. The lowest BCUT2D eigenvalue weighted by Gasteiger charge is -2.26. The Bertz CT molecular complexity index is 1140. The van der Waals surface area contributed by atoms with Crippen molar-refractivity contribution >= 4 is 22.5 Å². The summed E-state index contributed by atoms with van der Waals surface area (Å²) in [6.07, 6.45) is 5.00. The highest BCUT2D eigenvalue weighted by Gasteiger charge is 2.26.